The lowest BCUT2D eigenvalue weighted by molar-refractivity contribution is -0.123. The largest absolute Gasteiger partial charge is 0.482 e. The molecule has 0 saturated carbocycles. The number of hydrogen-bond acceptors (Lipinski definition) is 2. The highest BCUT2D eigenvalue weighted by Crippen LogP contribution is 2.24. The average Bonchev–Trinajstić information content (AvgIpc) is 2.45. The zero-order valence-corrected chi connectivity index (χ0v) is 13.5. The Kier molecular flexibility index (Phi) is 5.89. The Morgan fingerprint density at radius 1 is 1.09 bits per heavy atom. The minimum absolute atomic E-state index is 0.105. The summed E-state index contributed by atoms with van der Waals surface area (Å²) in [7, 11) is 0. The van der Waals surface area contributed by atoms with E-state index in [1.54, 1.807) is 18.2 Å². The van der Waals surface area contributed by atoms with E-state index in [0.717, 1.165) is 11.6 Å². The summed E-state index contributed by atoms with van der Waals surface area (Å²) in [6, 6.07) is 8.68. The van der Waals surface area contributed by atoms with E-state index in [1.807, 2.05) is 0 Å². The first-order valence-corrected chi connectivity index (χ1v) is 7.37. The molecule has 0 saturated heterocycles. The summed E-state index contributed by atoms with van der Waals surface area (Å²) in [4.78, 5) is 11.7. The van der Waals surface area contributed by atoms with Crippen molar-refractivity contribution >= 4 is 40.7 Å². The molecule has 0 atom stereocenters. The minimum Gasteiger partial charge on any atom is -0.482 e. The van der Waals surface area contributed by atoms with Crippen LogP contribution in [0.5, 0.6) is 5.75 Å². The second-order valence-corrected chi connectivity index (χ2v) is 5.63. The lowest BCUT2D eigenvalue weighted by atomic mass is 10.2. The zero-order valence-electron chi connectivity index (χ0n) is 11.2. The minimum atomic E-state index is -0.473. The van der Waals surface area contributed by atoms with Crippen LogP contribution >= 0.6 is 34.8 Å². The Labute approximate surface area is 141 Å². The highest BCUT2D eigenvalue weighted by Gasteiger charge is 2.08. The third-order valence-corrected chi connectivity index (χ3v) is 3.63. The number of amides is 1. The standard InChI is InChI=1S/C15H11Cl3FNO2/c16-10-2-1-9(12(17)5-10)7-20-15(21)8-22-14-4-3-11(19)6-13(14)18/h1-6H,7-8H2,(H,20,21). The summed E-state index contributed by atoms with van der Waals surface area (Å²) < 4.78 is 18.1. The first-order chi connectivity index (χ1) is 10.5. The van der Waals surface area contributed by atoms with Crippen molar-refractivity contribution in [2.75, 3.05) is 6.61 Å². The van der Waals surface area contributed by atoms with Crippen molar-refractivity contribution in [2.45, 2.75) is 6.54 Å². The first kappa shape index (κ1) is 16.9. The Morgan fingerprint density at radius 3 is 2.55 bits per heavy atom. The molecular weight excluding hydrogens is 352 g/mol. The van der Waals surface area contributed by atoms with Crippen molar-refractivity contribution in [3.63, 3.8) is 0 Å². The van der Waals surface area contributed by atoms with Crippen LogP contribution in [0.15, 0.2) is 36.4 Å². The lowest BCUT2D eigenvalue weighted by Gasteiger charge is -2.09. The van der Waals surface area contributed by atoms with Gasteiger partial charge in [0.25, 0.3) is 5.91 Å². The van der Waals surface area contributed by atoms with Crippen molar-refractivity contribution in [1.29, 1.82) is 0 Å². The molecule has 0 aliphatic carbocycles. The van der Waals surface area contributed by atoms with Gasteiger partial charge in [-0.05, 0) is 35.9 Å². The Bertz CT molecular complexity index is 637. The van der Waals surface area contributed by atoms with E-state index in [9.17, 15) is 9.18 Å². The van der Waals surface area contributed by atoms with Gasteiger partial charge in [0, 0.05) is 16.6 Å². The Morgan fingerprint density at radius 2 is 1.86 bits per heavy atom. The molecule has 2 aromatic carbocycles. The van der Waals surface area contributed by atoms with Gasteiger partial charge >= 0.3 is 0 Å². The van der Waals surface area contributed by atoms with Gasteiger partial charge < -0.3 is 10.1 Å². The number of nitrogens with one attached hydrogen (secondary N) is 1. The second kappa shape index (κ2) is 7.68. The monoisotopic (exact) mass is 361 g/mol. The molecular formula is C15H11Cl3FNO2. The SMILES string of the molecule is O=C(COc1ccc(F)cc1Cl)NCc1ccc(Cl)cc1Cl. The smallest absolute Gasteiger partial charge is 0.258 e. The topological polar surface area (TPSA) is 38.3 Å². The molecule has 0 aliphatic rings. The molecule has 1 N–H and O–H groups in total. The number of halogens is 4. The molecule has 2 aromatic rings. The fourth-order valence-corrected chi connectivity index (χ4v) is 2.34. The van der Waals surface area contributed by atoms with Crippen molar-refractivity contribution in [1.82, 2.24) is 5.32 Å². The summed E-state index contributed by atoms with van der Waals surface area (Å²) in [5.74, 6) is -0.590. The summed E-state index contributed by atoms with van der Waals surface area (Å²) in [6.07, 6.45) is 0. The number of carbonyl (C=O) groups is 1. The molecule has 0 bridgehead atoms. The second-order valence-electron chi connectivity index (χ2n) is 4.38. The molecule has 0 spiro atoms. The Balaban J connectivity index is 1.85. The average molecular weight is 363 g/mol. The summed E-state index contributed by atoms with van der Waals surface area (Å²) in [5.41, 5.74) is 0.735. The maximum atomic E-state index is 12.9. The molecule has 1 amide bonds. The van der Waals surface area contributed by atoms with Crippen LogP contribution in [0.2, 0.25) is 15.1 Å². The van der Waals surface area contributed by atoms with Crippen LogP contribution in [-0.2, 0) is 11.3 Å². The highest BCUT2D eigenvalue weighted by molar-refractivity contribution is 6.35. The van der Waals surface area contributed by atoms with E-state index in [-0.39, 0.29) is 29.8 Å². The fraction of sp³-hybridized carbons (Fsp3) is 0.133. The highest BCUT2D eigenvalue weighted by atomic mass is 35.5. The van der Waals surface area contributed by atoms with Gasteiger partial charge in [-0.3, -0.25) is 4.79 Å². The number of hydrogen-bond donors (Lipinski definition) is 1. The van der Waals surface area contributed by atoms with Gasteiger partial charge in [-0.25, -0.2) is 4.39 Å². The van der Waals surface area contributed by atoms with Crippen molar-refractivity contribution in [3.05, 3.63) is 62.8 Å². The Hall–Kier alpha value is -1.49. The van der Waals surface area contributed by atoms with E-state index < -0.39 is 5.82 Å². The summed E-state index contributed by atoms with van der Waals surface area (Å²) in [6.45, 7) is 0.00586. The normalized spacial score (nSPS) is 10.4. The van der Waals surface area contributed by atoms with E-state index in [1.165, 1.54) is 12.1 Å². The number of rotatable bonds is 5. The van der Waals surface area contributed by atoms with Gasteiger partial charge in [0.05, 0.1) is 5.02 Å². The molecule has 3 nitrogen and oxygen atoms in total. The molecule has 22 heavy (non-hydrogen) atoms. The molecule has 0 fully saturated rings. The van der Waals surface area contributed by atoms with Gasteiger partial charge in [-0.15, -0.1) is 0 Å². The maximum Gasteiger partial charge on any atom is 0.258 e. The molecule has 0 aliphatic heterocycles. The first-order valence-electron chi connectivity index (χ1n) is 6.24. The van der Waals surface area contributed by atoms with Crippen LogP contribution in [0, 0.1) is 5.82 Å². The van der Waals surface area contributed by atoms with E-state index >= 15 is 0 Å². The van der Waals surface area contributed by atoms with Gasteiger partial charge in [0.2, 0.25) is 0 Å². The van der Waals surface area contributed by atoms with Crippen LogP contribution in [0.25, 0.3) is 0 Å². The van der Waals surface area contributed by atoms with Gasteiger partial charge in [0.1, 0.15) is 11.6 Å². The van der Waals surface area contributed by atoms with E-state index in [4.69, 9.17) is 39.5 Å². The van der Waals surface area contributed by atoms with Crippen LogP contribution in [0.1, 0.15) is 5.56 Å². The summed E-state index contributed by atoms with van der Waals surface area (Å²) >= 11 is 17.6. The lowest BCUT2D eigenvalue weighted by Crippen LogP contribution is -2.28. The number of ether oxygens (including phenoxy) is 1. The fourth-order valence-electron chi connectivity index (χ4n) is 1.65. The predicted molar refractivity (Wildman–Crippen MR) is 85.2 cm³/mol. The van der Waals surface area contributed by atoms with Crippen LogP contribution in [0.3, 0.4) is 0 Å². The van der Waals surface area contributed by atoms with Crippen molar-refractivity contribution in [3.8, 4) is 5.75 Å². The maximum absolute atomic E-state index is 12.9. The van der Waals surface area contributed by atoms with Crippen LogP contribution in [-0.4, -0.2) is 12.5 Å². The van der Waals surface area contributed by atoms with E-state index in [2.05, 4.69) is 5.32 Å². The van der Waals surface area contributed by atoms with E-state index in [0.29, 0.717) is 10.0 Å². The molecule has 0 heterocycles. The number of carbonyl (C=O) groups excluding carboxylic acids is 1. The molecule has 0 radical (unpaired) electrons. The van der Waals surface area contributed by atoms with Gasteiger partial charge in [-0.2, -0.15) is 0 Å². The van der Waals surface area contributed by atoms with Crippen molar-refractivity contribution in [2.24, 2.45) is 0 Å². The predicted octanol–water partition coefficient (Wildman–Crippen LogP) is 4.48. The quantitative estimate of drug-likeness (QED) is 0.851. The summed E-state index contributed by atoms with van der Waals surface area (Å²) in [5, 5.41) is 3.75. The molecule has 7 heteroatoms. The third-order valence-electron chi connectivity index (χ3n) is 2.74. The molecule has 2 rings (SSSR count). The van der Waals surface area contributed by atoms with Crippen LogP contribution in [0.4, 0.5) is 4.39 Å². The van der Waals surface area contributed by atoms with Gasteiger partial charge in [-0.1, -0.05) is 40.9 Å². The molecule has 0 unspecified atom stereocenters. The zero-order chi connectivity index (χ0) is 16.1. The molecule has 0 aromatic heterocycles. The van der Waals surface area contributed by atoms with Gasteiger partial charge in [0.15, 0.2) is 6.61 Å². The van der Waals surface area contributed by atoms with Crippen molar-refractivity contribution < 1.29 is 13.9 Å². The molecule has 116 valence electrons. The number of benzene rings is 2. The van der Waals surface area contributed by atoms with Crippen LogP contribution < -0.4 is 10.1 Å². The third kappa shape index (κ3) is 4.77.